The third kappa shape index (κ3) is 3.11. The molecule has 0 aromatic heterocycles. The number of nitrogens with zero attached hydrogens (tertiary/aromatic N) is 1. The van der Waals surface area contributed by atoms with Gasteiger partial charge in [-0.05, 0) is 38.5 Å². The zero-order valence-electron chi connectivity index (χ0n) is 12.1. The van der Waals surface area contributed by atoms with E-state index in [0.717, 1.165) is 5.69 Å². The summed E-state index contributed by atoms with van der Waals surface area (Å²) >= 11 is 0. The molecule has 4 nitrogen and oxygen atoms in total. The highest BCUT2D eigenvalue weighted by Gasteiger charge is 2.27. The molecular weight excluding hydrogens is 261 g/mol. The molecule has 3 atom stereocenters. The maximum atomic E-state index is 13.7. The molecular formula is C15H22FNO3. The monoisotopic (exact) mass is 283 g/mol. The lowest BCUT2D eigenvalue weighted by atomic mass is 10.0. The first kappa shape index (κ1) is 15.2. The quantitative estimate of drug-likeness (QED) is 0.888. The Balaban J connectivity index is 2.37. The first-order valence-electron chi connectivity index (χ1n) is 6.91. The zero-order valence-corrected chi connectivity index (χ0v) is 12.1. The van der Waals surface area contributed by atoms with Crippen LogP contribution >= 0.6 is 0 Å². The largest absolute Gasteiger partial charge is 0.394 e. The Morgan fingerprint density at radius 2 is 2.15 bits per heavy atom. The fourth-order valence-electron chi connectivity index (χ4n) is 2.63. The van der Waals surface area contributed by atoms with Crippen molar-refractivity contribution in [2.24, 2.45) is 0 Å². The second-order valence-corrected chi connectivity index (χ2v) is 5.49. The van der Waals surface area contributed by atoms with Crippen LogP contribution in [-0.2, 0) is 4.74 Å². The summed E-state index contributed by atoms with van der Waals surface area (Å²) in [6.45, 7) is 6.41. The number of hydrogen-bond donors (Lipinski definition) is 2. The molecule has 0 radical (unpaired) electrons. The Kier molecular flexibility index (Phi) is 4.62. The number of aliphatic hydroxyl groups is 2. The number of benzene rings is 1. The molecule has 3 unspecified atom stereocenters. The van der Waals surface area contributed by atoms with Gasteiger partial charge in [0, 0.05) is 24.3 Å². The zero-order chi connectivity index (χ0) is 14.9. The first-order chi connectivity index (χ1) is 9.42. The summed E-state index contributed by atoms with van der Waals surface area (Å²) in [5.41, 5.74) is 1.93. The van der Waals surface area contributed by atoms with Crippen LogP contribution in [0.3, 0.4) is 0 Å². The van der Waals surface area contributed by atoms with Crippen LogP contribution in [0.5, 0.6) is 0 Å². The second kappa shape index (κ2) is 6.08. The van der Waals surface area contributed by atoms with E-state index in [4.69, 9.17) is 4.74 Å². The normalized spacial score (nSPS) is 24.8. The highest BCUT2D eigenvalue weighted by atomic mass is 19.1. The molecule has 0 saturated carbocycles. The maximum Gasteiger partial charge on any atom is 0.126 e. The van der Waals surface area contributed by atoms with E-state index in [1.165, 1.54) is 6.07 Å². The molecule has 0 aliphatic carbocycles. The molecule has 5 heteroatoms. The number of aliphatic hydroxyl groups excluding tert-OH is 2. The van der Waals surface area contributed by atoms with E-state index in [1.807, 2.05) is 11.8 Å². The molecule has 1 aromatic rings. The van der Waals surface area contributed by atoms with Crippen molar-refractivity contribution in [2.75, 3.05) is 24.6 Å². The van der Waals surface area contributed by atoms with Crippen LogP contribution in [0.1, 0.15) is 31.1 Å². The summed E-state index contributed by atoms with van der Waals surface area (Å²) in [4.78, 5) is 2.05. The Labute approximate surface area is 118 Å². The molecule has 1 fully saturated rings. The van der Waals surface area contributed by atoms with E-state index in [0.29, 0.717) is 24.2 Å². The van der Waals surface area contributed by atoms with Gasteiger partial charge in [0.1, 0.15) is 5.82 Å². The average molecular weight is 283 g/mol. The number of anilines is 1. The third-order valence-electron chi connectivity index (χ3n) is 3.63. The Hall–Kier alpha value is -1.17. The summed E-state index contributed by atoms with van der Waals surface area (Å²) in [6.07, 6.45) is -1.02. The van der Waals surface area contributed by atoms with Gasteiger partial charge in [0.15, 0.2) is 0 Å². The van der Waals surface area contributed by atoms with Gasteiger partial charge in [0.25, 0.3) is 0 Å². The standard InChI is InChI=1S/C15H22FNO3/c1-9-4-15(13(11(3)19)5-14(9)16)17-6-10(2)20-12(7-17)8-18/h4-5,10-12,18-19H,6-8H2,1-3H3. The summed E-state index contributed by atoms with van der Waals surface area (Å²) in [5.74, 6) is -0.315. The Morgan fingerprint density at radius 1 is 1.45 bits per heavy atom. The van der Waals surface area contributed by atoms with E-state index in [9.17, 15) is 14.6 Å². The number of morpholine rings is 1. The van der Waals surface area contributed by atoms with Crippen molar-refractivity contribution in [1.82, 2.24) is 0 Å². The van der Waals surface area contributed by atoms with Crippen molar-refractivity contribution >= 4 is 5.69 Å². The summed E-state index contributed by atoms with van der Waals surface area (Å²) in [7, 11) is 0. The van der Waals surface area contributed by atoms with Crippen molar-refractivity contribution in [3.8, 4) is 0 Å². The fraction of sp³-hybridized carbons (Fsp3) is 0.600. The van der Waals surface area contributed by atoms with Gasteiger partial charge in [-0.3, -0.25) is 0 Å². The first-order valence-corrected chi connectivity index (χ1v) is 6.91. The topological polar surface area (TPSA) is 52.9 Å². The third-order valence-corrected chi connectivity index (χ3v) is 3.63. The molecule has 1 aliphatic rings. The number of rotatable bonds is 3. The van der Waals surface area contributed by atoms with Gasteiger partial charge in [-0.25, -0.2) is 4.39 Å². The van der Waals surface area contributed by atoms with Gasteiger partial charge in [-0.15, -0.1) is 0 Å². The lowest BCUT2D eigenvalue weighted by Crippen LogP contribution is -2.48. The van der Waals surface area contributed by atoms with Crippen LogP contribution in [0.15, 0.2) is 12.1 Å². The number of hydrogen-bond acceptors (Lipinski definition) is 4. The minimum absolute atomic E-state index is 0.0203. The van der Waals surface area contributed by atoms with Crippen molar-refractivity contribution in [1.29, 1.82) is 0 Å². The predicted octanol–water partition coefficient (Wildman–Crippen LogP) is 1.77. The highest BCUT2D eigenvalue weighted by Crippen LogP contribution is 2.31. The van der Waals surface area contributed by atoms with Gasteiger partial charge in [0.05, 0.1) is 24.9 Å². The number of halogens is 1. The van der Waals surface area contributed by atoms with Crippen molar-refractivity contribution in [2.45, 2.75) is 39.1 Å². The predicted molar refractivity (Wildman–Crippen MR) is 75.4 cm³/mol. The highest BCUT2D eigenvalue weighted by molar-refractivity contribution is 5.57. The smallest absolute Gasteiger partial charge is 0.126 e. The number of ether oxygens (including phenoxy) is 1. The minimum Gasteiger partial charge on any atom is -0.394 e. The summed E-state index contributed by atoms with van der Waals surface area (Å²) in [6, 6.07) is 3.15. The average Bonchev–Trinajstić information content (AvgIpc) is 2.40. The van der Waals surface area contributed by atoms with E-state index in [-0.39, 0.29) is 24.6 Å². The van der Waals surface area contributed by atoms with Gasteiger partial charge in [0.2, 0.25) is 0 Å². The van der Waals surface area contributed by atoms with Crippen molar-refractivity contribution in [3.05, 3.63) is 29.1 Å². The summed E-state index contributed by atoms with van der Waals surface area (Å²) < 4.78 is 19.3. The Morgan fingerprint density at radius 3 is 2.75 bits per heavy atom. The van der Waals surface area contributed by atoms with Gasteiger partial charge < -0.3 is 19.8 Å². The van der Waals surface area contributed by atoms with Crippen molar-refractivity contribution < 1.29 is 19.3 Å². The van der Waals surface area contributed by atoms with Crippen LogP contribution in [-0.4, -0.2) is 42.1 Å². The maximum absolute atomic E-state index is 13.7. The molecule has 1 aromatic carbocycles. The SMILES string of the molecule is Cc1cc(N2CC(C)OC(CO)C2)c(C(C)O)cc1F. The molecule has 112 valence electrons. The number of aryl methyl sites for hydroxylation is 1. The van der Waals surface area contributed by atoms with Gasteiger partial charge in [-0.1, -0.05) is 0 Å². The molecule has 0 amide bonds. The van der Waals surface area contributed by atoms with E-state index >= 15 is 0 Å². The molecule has 1 saturated heterocycles. The second-order valence-electron chi connectivity index (χ2n) is 5.49. The molecule has 1 heterocycles. The summed E-state index contributed by atoms with van der Waals surface area (Å²) in [5, 5.41) is 19.2. The van der Waals surface area contributed by atoms with Crippen LogP contribution in [0.25, 0.3) is 0 Å². The van der Waals surface area contributed by atoms with E-state index in [2.05, 4.69) is 0 Å². The Bertz CT molecular complexity index is 478. The van der Waals surface area contributed by atoms with Crippen LogP contribution < -0.4 is 4.90 Å². The molecule has 0 spiro atoms. The molecule has 1 aliphatic heterocycles. The molecule has 2 rings (SSSR count). The molecule has 2 N–H and O–H groups in total. The van der Waals surface area contributed by atoms with Crippen LogP contribution in [0, 0.1) is 12.7 Å². The fourth-order valence-corrected chi connectivity index (χ4v) is 2.63. The molecule has 20 heavy (non-hydrogen) atoms. The van der Waals surface area contributed by atoms with Crippen molar-refractivity contribution in [3.63, 3.8) is 0 Å². The lowest BCUT2D eigenvalue weighted by Gasteiger charge is -2.39. The molecule has 0 bridgehead atoms. The van der Waals surface area contributed by atoms with E-state index < -0.39 is 6.10 Å². The van der Waals surface area contributed by atoms with Crippen LogP contribution in [0.2, 0.25) is 0 Å². The van der Waals surface area contributed by atoms with Crippen LogP contribution in [0.4, 0.5) is 10.1 Å². The van der Waals surface area contributed by atoms with Gasteiger partial charge >= 0.3 is 0 Å². The van der Waals surface area contributed by atoms with Gasteiger partial charge in [-0.2, -0.15) is 0 Å². The minimum atomic E-state index is -0.745. The van der Waals surface area contributed by atoms with E-state index in [1.54, 1.807) is 19.9 Å². The lowest BCUT2D eigenvalue weighted by molar-refractivity contribution is -0.0422.